The van der Waals surface area contributed by atoms with Gasteiger partial charge >= 0.3 is 12.0 Å². The highest BCUT2D eigenvalue weighted by atomic mass is 16.4. The first kappa shape index (κ1) is 14.8. The topological polar surface area (TPSA) is 89.9 Å². The Morgan fingerprint density at radius 2 is 2.06 bits per heavy atom. The molecular formula is C12H22N2O4. The van der Waals surface area contributed by atoms with Gasteiger partial charge < -0.3 is 20.4 Å². The lowest BCUT2D eigenvalue weighted by Gasteiger charge is -2.26. The van der Waals surface area contributed by atoms with Crippen LogP contribution in [0.1, 0.15) is 33.1 Å². The van der Waals surface area contributed by atoms with Crippen molar-refractivity contribution < 1.29 is 19.8 Å². The number of aliphatic carboxylic acids is 1. The molecule has 1 unspecified atom stereocenters. The highest BCUT2D eigenvalue weighted by Gasteiger charge is 2.34. The SMILES string of the molecule is CCC(C)[C@H](NC(=O)N(CCO)C1CC1)C(=O)O. The molecule has 1 aliphatic carbocycles. The standard InChI is InChI=1S/C12H22N2O4/c1-3-8(2)10(11(16)17)13-12(18)14(6-7-15)9-4-5-9/h8-10,15H,3-7H2,1-2H3,(H,13,18)(H,16,17)/t8?,10-/m0/s1. The third kappa shape index (κ3) is 3.87. The molecule has 6 heteroatoms. The maximum Gasteiger partial charge on any atom is 0.326 e. The minimum absolute atomic E-state index is 0.106. The van der Waals surface area contributed by atoms with E-state index in [1.54, 1.807) is 6.92 Å². The summed E-state index contributed by atoms with van der Waals surface area (Å²) in [5, 5.41) is 20.6. The number of hydrogen-bond acceptors (Lipinski definition) is 3. The van der Waals surface area contributed by atoms with E-state index in [1.807, 2.05) is 6.92 Å². The number of nitrogens with zero attached hydrogens (tertiary/aromatic N) is 1. The maximum absolute atomic E-state index is 12.0. The minimum Gasteiger partial charge on any atom is -0.480 e. The average molecular weight is 258 g/mol. The molecule has 2 atom stereocenters. The van der Waals surface area contributed by atoms with Crippen LogP contribution in [0.4, 0.5) is 4.79 Å². The molecule has 0 aromatic carbocycles. The molecule has 18 heavy (non-hydrogen) atoms. The number of amides is 2. The van der Waals surface area contributed by atoms with Crippen LogP contribution in [-0.2, 0) is 4.79 Å². The Bertz CT molecular complexity index is 304. The van der Waals surface area contributed by atoms with E-state index in [9.17, 15) is 9.59 Å². The molecular weight excluding hydrogens is 236 g/mol. The van der Waals surface area contributed by atoms with E-state index in [0.29, 0.717) is 6.42 Å². The second-order valence-corrected chi connectivity index (χ2v) is 4.80. The molecule has 0 spiro atoms. The number of nitrogens with one attached hydrogen (secondary N) is 1. The van der Waals surface area contributed by atoms with Crippen molar-refractivity contribution in [3.63, 3.8) is 0 Å². The highest BCUT2D eigenvalue weighted by molar-refractivity contribution is 5.83. The van der Waals surface area contributed by atoms with Gasteiger partial charge in [-0.1, -0.05) is 20.3 Å². The molecule has 1 rings (SSSR count). The van der Waals surface area contributed by atoms with Gasteiger partial charge in [-0.3, -0.25) is 0 Å². The summed E-state index contributed by atoms with van der Waals surface area (Å²) in [6.07, 6.45) is 2.53. The van der Waals surface area contributed by atoms with Crippen molar-refractivity contribution in [1.29, 1.82) is 0 Å². The minimum atomic E-state index is -1.02. The van der Waals surface area contributed by atoms with Gasteiger partial charge in [-0.25, -0.2) is 9.59 Å². The fourth-order valence-corrected chi connectivity index (χ4v) is 1.84. The zero-order chi connectivity index (χ0) is 13.7. The molecule has 0 bridgehead atoms. The second-order valence-electron chi connectivity index (χ2n) is 4.80. The summed E-state index contributed by atoms with van der Waals surface area (Å²) < 4.78 is 0. The van der Waals surface area contributed by atoms with Gasteiger partial charge in [0.2, 0.25) is 0 Å². The van der Waals surface area contributed by atoms with E-state index in [2.05, 4.69) is 5.32 Å². The largest absolute Gasteiger partial charge is 0.480 e. The normalized spacial score (nSPS) is 17.9. The molecule has 2 amide bonds. The van der Waals surface area contributed by atoms with Gasteiger partial charge in [0.25, 0.3) is 0 Å². The number of aliphatic hydroxyl groups excluding tert-OH is 1. The number of carboxylic acids is 1. The van der Waals surface area contributed by atoms with Crippen molar-refractivity contribution in [1.82, 2.24) is 10.2 Å². The summed E-state index contributed by atoms with van der Waals surface area (Å²) in [5.41, 5.74) is 0. The fraction of sp³-hybridized carbons (Fsp3) is 0.833. The van der Waals surface area contributed by atoms with E-state index in [1.165, 1.54) is 4.90 Å². The van der Waals surface area contributed by atoms with Crippen LogP contribution < -0.4 is 5.32 Å². The lowest BCUT2D eigenvalue weighted by molar-refractivity contribution is -0.140. The Morgan fingerprint density at radius 3 is 2.44 bits per heavy atom. The van der Waals surface area contributed by atoms with Gasteiger partial charge in [0.05, 0.1) is 6.61 Å². The van der Waals surface area contributed by atoms with E-state index in [-0.39, 0.29) is 31.1 Å². The van der Waals surface area contributed by atoms with E-state index >= 15 is 0 Å². The van der Waals surface area contributed by atoms with Crippen LogP contribution in [0.15, 0.2) is 0 Å². The van der Waals surface area contributed by atoms with Crippen LogP contribution in [0.25, 0.3) is 0 Å². The fourth-order valence-electron chi connectivity index (χ4n) is 1.84. The summed E-state index contributed by atoms with van der Waals surface area (Å²) in [4.78, 5) is 24.6. The first-order valence-electron chi connectivity index (χ1n) is 6.42. The molecule has 0 heterocycles. The Labute approximate surface area is 107 Å². The zero-order valence-corrected chi connectivity index (χ0v) is 10.9. The number of carboxylic acid groups (broad SMARTS) is 1. The first-order chi connectivity index (χ1) is 8.51. The molecule has 0 aliphatic heterocycles. The van der Waals surface area contributed by atoms with Crippen molar-refractivity contribution in [2.75, 3.05) is 13.2 Å². The number of rotatable bonds is 7. The maximum atomic E-state index is 12.0. The lowest BCUT2D eigenvalue weighted by Crippen LogP contribution is -2.51. The van der Waals surface area contributed by atoms with Gasteiger partial charge in [-0.15, -0.1) is 0 Å². The number of urea groups is 1. The zero-order valence-electron chi connectivity index (χ0n) is 10.9. The van der Waals surface area contributed by atoms with E-state index in [0.717, 1.165) is 12.8 Å². The Morgan fingerprint density at radius 1 is 1.44 bits per heavy atom. The number of carbonyl (C=O) groups excluding carboxylic acids is 1. The van der Waals surface area contributed by atoms with Gasteiger partial charge in [0.1, 0.15) is 6.04 Å². The highest BCUT2D eigenvalue weighted by Crippen LogP contribution is 2.26. The molecule has 0 aromatic rings. The molecule has 0 radical (unpaired) electrons. The van der Waals surface area contributed by atoms with Crippen LogP contribution >= 0.6 is 0 Å². The molecule has 1 saturated carbocycles. The Kier molecular flexibility index (Phi) is 5.40. The van der Waals surface area contributed by atoms with Crippen LogP contribution in [-0.4, -0.2) is 52.3 Å². The van der Waals surface area contributed by atoms with Crippen LogP contribution in [0.5, 0.6) is 0 Å². The molecule has 0 aromatic heterocycles. The van der Waals surface area contributed by atoms with Gasteiger partial charge in [0.15, 0.2) is 0 Å². The summed E-state index contributed by atoms with van der Waals surface area (Å²) in [5.74, 6) is -1.14. The quantitative estimate of drug-likeness (QED) is 0.625. The molecule has 1 aliphatic rings. The van der Waals surface area contributed by atoms with Crippen LogP contribution in [0.3, 0.4) is 0 Å². The van der Waals surface area contributed by atoms with Crippen molar-refractivity contribution in [2.45, 2.75) is 45.2 Å². The first-order valence-corrected chi connectivity index (χ1v) is 6.42. The molecule has 104 valence electrons. The molecule has 0 saturated heterocycles. The summed E-state index contributed by atoms with van der Waals surface area (Å²) >= 11 is 0. The predicted molar refractivity (Wildman–Crippen MR) is 66.2 cm³/mol. The van der Waals surface area contributed by atoms with Crippen molar-refractivity contribution in [3.05, 3.63) is 0 Å². The van der Waals surface area contributed by atoms with Gasteiger partial charge in [0, 0.05) is 12.6 Å². The molecule has 1 fully saturated rings. The molecule has 6 nitrogen and oxygen atoms in total. The number of carbonyl (C=O) groups is 2. The predicted octanol–water partition coefficient (Wildman–Crippen LogP) is 0.652. The second kappa shape index (κ2) is 6.58. The van der Waals surface area contributed by atoms with Gasteiger partial charge in [-0.2, -0.15) is 0 Å². The average Bonchev–Trinajstić information content (AvgIpc) is 3.15. The Hall–Kier alpha value is -1.30. The lowest BCUT2D eigenvalue weighted by atomic mass is 9.99. The van der Waals surface area contributed by atoms with Crippen molar-refractivity contribution in [2.24, 2.45) is 5.92 Å². The Balaban J connectivity index is 2.61. The number of aliphatic hydroxyl groups is 1. The summed E-state index contributed by atoms with van der Waals surface area (Å²) in [7, 11) is 0. The molecule has 3 N–H and O–H groups in total. The monoisotopic (exact) mass is 258 g/mol. The van der Waals surface area contributed by atoms with Gasteiger partial charge in [-0.05, 0) is 18.8 Å². The number of hydrogen-bond donors (Lipinski definition) is 3. The van der Waals surface area contributed by atoms with Crippen LogP contribution in [0, 0.1) is 5.92 Å². The van der Waals surface area contributed by atoms with Crippen LogP contribution in [0.2, 0.25) is 0 Å². The third-order valence-corrected chi connectivity index (χ3v) is 3.35. The third-order valence-electron chi connectivity index (χ3n) is 3.35. The van der Waals surface area contributed by atoms with Crippen molar-refractivity contribution >= 4 is 12.0 Å². The smallest absolute Gasteiger partial charge is 0.326 e. The summed E-state index contributed by atoms with van der Waals surface area (Å²) in [6, 6.07) is -1.11. The van der Waals surface area contributed by atoms with E-state index in [4.69, 9.17) is 10.2 Å². The van der Waals surface area contributed by atoms with Crippen molar-refractivity contribution in [3.8, 4) is 0 Å². The summed E-state index contributed by atoms with van der Waals surface area (Å²) in [6.45, 7) is 3.83. The van der Waals surface area contributed by atoms with E-state index < -0.39 is 12.0 Å².